The van der Waals surface area contributed by atoms with Crippen molar-refractivity contribution in [3.8, 4) is 5.75 Å². The average Bonchev–Trinajstić information content (AvgIpc) is 2.74. The van der Waals surface area contributed by atoms with Gasteiger partial charge in [0, 0.05) is 29.9 Å². The highest BCUT2D eigenvalue weighted by atomic mass is 35.5. The summed E-state index contributed by atoms with van der Waals surface area (Å²) in [7, 11) is 1.29. The molecular weight excluding hydrogens is 475 g/mol. The molecule has 3 rings (SSSR count). The van der Waals surface area contributed by atoms with Gasteiger partial charge in [0.25, 0.3) is 11.9 Å². The van der Waals surface area contributed by atoms with Crippen LogP contribution in [0.5, 0.6) is 5.75 Å². The van der Waals surface area contributed by atoms with E-state index in [-0.39, 0.29) is 27.7 Å². The summed E-state index contributed by atoms with van der Waals surface area (Å²) < 4.78 is 78.6. The van der Waals surface area contributed by atoms with Crippen molar-refractivity contribution in [1.29, 1.82) is 0 Å². The number of halogens is 6. The van der Waals surface area contributed by atoms with Crippen molar-refractivity contribution in [2.45, 2.75) is 31.2 Å². The van der Waals surface area contributed by atoms with E-state index in [0.29, 0.717) is 0 Å². The van der Waals surface area contributed by atoms with Gasteiger partial charge in [0.1, 0.15) is 18.0 Å². The number of aliphatic imine (C=N–C) groups is 1. The molecule has 2 unspecified atom stereocenters. The third-order valence-corrected chi connectivity index (χ3v) is 5.17. The predicted molar refractivity (Wildman–Crippen MR) is 110 cm³/mol. The molecule has 1 aliphatic rings. The molecule has 1 aromatic carbocycles. The van der Waals surface area contributed by atoms with Crippen LogP contribution in [0.4, 0.5) is 27.6 Å². The molecule has 178 valence electrons. The predicted octanol–water partition coefficient (Wildman–Crippen LogP) is 4.27. The number of amides is 1. The first-order valence-corrected chi connectivity index (χ1v) is 9.74. The molecule has 0 spiro atoms. The molecule has 2 heterocycles. The van der Waals surface area contributed by atoms with Crippen molar-refractivity contribution < 1.29 is 36.2 Å². The van der Waals surface area contributed by atoms with Gasteiger partial charge in [-0.15, -0.1) is 0 Å². The van der Waals surface area contributed by atoms with Gasteiger partial charge in [0.05, 0.1) is 12.1 Å². The number of anilines is 1. The highest BCUT2D eigenvalue weighted by molar-refractivity contribution is 6.30. The fourth-order valence-electron chi connectivity index (χ4n) is 3.40. The standard InChI is InChI=1S/C20H18ClF5N4O3/c1-9-3-11(29-17(31)16-13(32-2)4-10(21)7-28-16)5-12(15(9)23)19(8-22)6-14(20(24,25)26)33-18(27)30-19/h3-5,7,14H,6,8H2,1-2H3,(H2,27,30)(H,29,31). The first-order valence-electron chi connectivity index (χ1n) is 9.36. The second-order valence-corrected chi connectivity index (χ2v) is 7.72. The molecule has 7 nitrogen and oxygen atoms in total. The van der Waals surface area contributed by atoms with E-state index in [1.165, 1.54) is 32.4 Å². The Bertz CT molecular complexity index is 1110. The molecule has 13 heteroatoms. The summed E-state index contributed by atoms with van der Waals surface area (Å²) in [6, 6.07) is 2.64. The van der Waals surface area contributed by atoms with Crippen LogP contribution in [0.25, 0.3) is 0 Å². The van der Waals surface area contributed by atoms with Gasteiger partial charge in [0.2, 0.25) is 0 Å². The van der Waals surface area contributed by atoms with Crippen LogP contribution in [0.3, 0.4) is 0 Å². The summed E-state index contributed by atoms with van der Waals surface area (Å²) in [5.41, 5.74) is 2.28. The number of aryl methyl sites for hydroxylation is 1. The molecule has 1 amide bonds. The van der Waals surface area contributed by atoms with E-state index in [1.807, 2.05) is 0 Å². The van der Waals surface area contributed by atoms with Crippen molar-refractivity contribution in [1.82, 2.24) is 4.98 Å². The van der Waals surface area contributed by atoms with E-state index in [2.05, 4.69) is 20.0 Å². The van der Waals surface area contributed by atoms with Crippen LogP contribution >= 0.6 is 11.6 Å². The molecule has 2 atom stereocenters. The SMILES string of the molecule is COc1cc(Cl)cnc1C(=O)Nc1cc(C)c(F)c(C2(CF)CC(C(F)(F)F)OC(N)=N2)c1. The van der Waals surface area contributed by atoms with E-state index in [4.69, 9.17) is 22.1 Å². The maximum atomic E-state index is 15.0. The topological polar surface area (TPSA) is 98.8 Å². The lowest BCUT2D eigenvalue weighted by Gasteiger charge is -2.37. The highest BCUT2D eigenvalue weighted by Gasteiger charge is 2.52. The zero-order chi connectivity index (χ0) is 24.6. The highest BCUT2D eigenvalue weighted by Crippen LogP contribution is 2.42. The molecule has 1 aliphatic heterocycles. The molecule has 0 aliphatic carbocycles. The number of carbonyl (C=O) groups excluding carboxylic acids is 1. The number of hydrogen-bond acceptors (Lipinski definition) is 6. The summed E-state index contributed by atoms with van der Waals surface area (Å²) in [4.78, 5) is 20.3. The lowest BCUT2D eigenvalue weighted by atomic mass is 9.83. The molecule has 33 heavy (non-hydrogen) atoms. The van der Waals surface area contributed by atoms with Gasteiger partial charge in [-0.3, -0.25) is 4.79 Å². The maximum absolute atomic E-state index is 15.0. The number of benzene rings is 1. The number of rotatable bonds is 5. The Morgan fingerprint density at radius 2 is 2.09 bits per heavy atom. The van der Waals surface area contributed by atoms with Crippen LogP contribution < -0.4 is 15.8 Å². The summed E-state index contributed by atoms with van der Waals surface area (Å²) >= 11 is 5.83. The fraction of sp³-hybridized carbons (Fsp3) is 0.350. The summed E-state index contributed by atoms with van der Waals surface area (Å²) in [5.74, 6) is -1.72. The number of alkyl halides is 4. The van der Waals surface area contributed by atoms with Gasteiger partial charge < -0.3 is 20.5 Å². The molecule has 3 N–H and O–H groups in total. The average molecular weight is 493 g/mol. The maximum Gasteiger partial charge on any atom is 0.425 e. The third-order valence-electron chi connectivity index (χ3n) is 4.96. The van der Waals surface area contributed by atoms with Crippen LogP contribution in [0.2, 0.25) is 5.02 Å². The number of aromatic nitrogens is 1. The van der Waals surface area contributed by atoms with Crippen molar-refractivity contribution in [3.05, 3.63) is 52.1 Å². The van der Waals surface area contributed by atoms with E-state index in [0.717, 1.165) is 6.07 Å². The quantitative estimate of drug-likeness (QED) is 0.607. The Hall–Kier alpha value is -3.15. The van der Waals surface area contributed by atoms with E-state index < -0.39 is 54.2 Å². The summed E-state index contributed by atoms with van der Waals surface area (Å²) in [6.45, 7) is -0.195. The number of nitrogens with zero attached hydrogens (tertiary/aromatic N) is 2. The third kappa shape index (κ3) is 4.95. The number of carbonyl (C=O) groups is 1. The smallest absolute Gasteiger partial charge is 0.425 e. The van der Waals surface area contributed by atoms with Gasteiger partial charge in [-0.05, 0) is 24.6 Å². The normalized spacial score (nSPS) is 20.6. The number of ether oxygens (including phenoxy) is 2. The van der Waals surface area contributed by atoms with Gasteiger partial charge in [-0.1, -0.05) is 11.6 Å². The van der Waals surface area contributed by atoms with Crippen molar-refractivity contribution in [3.63, 3.8) is 0 Å². The van der Waals surface area contributed by atoms with E-state index >= 15 is 4.39 Å². The number of hydrogen-bond donors (Lipinski definition) is 2. The summed E-state index contributed by atoms with van der Waals surface area (Å²) in [5, 5.41) is 2.66. The Labute approximate surface area is 189 Å². The minimum Gasteiger partial charge on any atom is -0.494 e. The Morgan fingerprint density at radius 3 is 2.70 bits per heavy atom. The van der Waals surface area contributed by atoms with Crippen LogP contribution in [-0.4, -0.2) is 43.0 Å². The molecule has 1 aromatic heterocycles. The van der Waals surface area contributed by atoms with Crippen LogP contribution in [0.1, 0.15) is 28.0 Å². The Morgan fingerprint density at radius 1 is 1.39 bits per heavy atom. The monoisotopic (exact) mass is 492 g/mol. The van der Waals surface area contributed by atoms with Crippen LogP contribution in [0, 0.1) is 12.7 Å². The molecule has 0 saturated carbocycles. The minimum atomic E-state index is -4.89. The van der Waals surface area contributed by atoms with E-state index in [1.54, 1.807) is 0 Å². The first-order chi connectivity index (χ1) is 15.4. The number of pyridine rings is 1. The first kappa shape index (κ1) is 24.5. The second kappa shape index (κ2) is 9.00. The number of nitrogens with one attached hydrogen (secondary N) is 1. The molecule has 0 fully saturated rings. The van der Waals surface area contributed by atoms with Gasteiger partial charge in [0.15, 0.2) is 17.5 Å². The lowest BCUT2D eigenvalue weighted by Crippen LogP contribution is -2.48. The second-order valence-electron chi connectivity index (χ2n) is 7.28. The molecule has 0 saturated heterocycles. The molecule has 2 aromatic rings. The van der Waals surface area contributed by atoms with Crippen LogP contribution in [-0.2, 0) is 10.3 Å². The van der Waals surface area contributed by atoms with E-state index in [9.17, 15) is 22.4 Å². The number of methoxy groups -OCH3 is 1. The number of amidine groups is 1. The molecule has 0 bridgehead atoms. The Kier molecular flexibility index (Phi) is 6.68. The van der Waals surface area contributed by atoms with Gasteiger partial charge >= 0.3 is 6.18 Å². The van der Waals surface area contributed by atoms with Crippen molar-refractivity contribution >= 4 is 29.2 Å². The largest absolute Gasteiger partial charge is 0.494 e. The fourth-order valence-corrected chi connectivity index (χ4v) is 3.55. The van der Waals surface area contributed by atoms with Gasteiger partial charge in [-0.25, -0.2) is 18.8 Å². The molecule has 0 radical (unpaired) electrons. The zero-order valence-corrected chi connectivity index (χ0v) is 18.0. The lowest BCUT2D eigenvalue weighted by molar-refractivity contribution is -0.209. The van der Waals surface area contributed by atoms with Crippen molar-refractivity contribution in [2.75, 3.05) is 19.1 Å². The Balaban J connectivity index is 2.04. The minimum absolute atomic E-state index is 0.0376. The van der Waals surface area contributed by atoms with Crippen LogP contribution in [0.15, 0.2) is 29.4 Å². The summed E-state index contributed by atoms with van der Waals surface area (Å²) in [6.07, 6.45) is -7.23. The van der Waals surface area contributed by atoms with Gasteiger partial charge in [-0.2, -0.15) is 13.2 Å². The van der Waals surface area contributed by atoms with Crippen molar-refractivity contribution in [2.24, 2.45) is 10.7 Å². The number of nitrogens with two attached hydrogens (primary N) is 1. The zero-order valence-electron chi connectivity index (χ0n) is 17.3. The molecular formula is C20H18ClF5N4O3.